The summed E-state index contributed by atoms with van der Waals surface area (Å²) in [6.07, 6.45) is 5.30. The maximum Gasteiger partial charge on any atom is 2.00 e. The fourth-order valence-corrected chi connectivity index (χ4v) is 5.75. The number of para-hydroxylation sites is 2. The third-order valence-corrected chi connectivity index (χ3v) is 7.90. The molecule has 16 nitrogen and oxygen atoms in total. The topological polar surface area (TPSA) is 286 Å². The van der Waals surface area contributed by atoms with Crippen molar-refractivity contribution in [3.63, 3.8) is 0 Å². The van der Waals surface area contributed by atoms with Gasteiger partial charge < -0.3 is 20.8 Å². The van der Waals surface area contributed by atoms with Gasteiger partial charge in [0, 0.05) is 51.7 Å². The van der Waals surface area contributed by atoms with Gasteiger partial charge >= 0.3 is 33.0 Å². The summed E-state index contributed by atoms with van der Waals surface area (Å²) in [6.45, 7) is 12.4. The van der Waals surface area contributed by atoms with Gasteiger partial charge in [0.15, 0.2) is 0 Å². The SMILES string of the molecule is Cc1cc2c([O-])c(c1)CN1CCCNCCN(CCCNCC1)Cc1cc(C)cc(c1[O-])C=Nc1ccccc1N=C2.[Ni+2].[Ni+2].[O-][Cl+3]([O-])([O-])[O-].[O-][Cl+3]([O-])([O-])[O-]. The first kappa shape index (κ1) is 49.7. The summed E-state index contributed by atoms with van der Waals surface area (Å²) in [5.74, 6) is 0.0303. The molecule has 2 atom stereocenters. The summed E-state index contributed by atoms with van der Waals surface area (Å²) in [7, 11) is -9.89. The molecule has 1 fully saturated rings. The van der Waals surface area contributed by atoms with Crippen LogP contribution in [0.2, 0.25) is 0 Å². The predicted octanol–water partition coefficient (Wildman–Crippen LogP) is -5.97. The number of aryl methyl sites for hydroxylation is 2. The number of aliphatic imine (C=N–C) groups is 2. The second kappa shape index (κ2) is 24.4. The fraction of sp³-hybridized carbons (Fsp3) is 0.412. The Kier molecular flexibility index (Phi) is 22.4. The van der Waals surface area contributed by atoms with Gasteiger partial charge in [0.1, 0.15) is 0 Å². The summed E-state index contributed by atoms with van der Waals surface area (Å²) in [4.78, 5) is 14.1. The van der Waals surface area contributed by atoms with Crippen molar-refractivity contribution in [2.75, 3.05) is 52.4 Å². The van der Waals surface area contributed by atoms with E-state index in [-0.39, 0.29) is 44.5 Å². The Labute approximate surface area is 339 Å². The fourth-order valence-electron chi connectivity index (χ4n) is 5.75. The van der Waals surface area contributed by atoms with E-state index >= 15 is 0 Å². The largest absolute Gasteiger partial charge is 2.00 e. The van der Waals surface area contributed by atoms with Crippen molar-refractivity contribution < 1.29 is 101 Å². The summed E-state index contributed by atoms with van der Waals surface area (Å²) in [5.41, 5.74) is 6.11. The van der Waals surface area contributed by atoms with Crippen LogP contribution < -0.4 is 58.1 Å². The van der Waals surface area contributed by atoms with E-state index in [1.165, 1.54) is 0 Å². The van der Waals surface area contributed by atoms with Gasteiger partial charge in [-0.15, -0.1) is 20.5 Å². The molecule has 54 heavy (non-hydrogen) atoms. The number of hydrogen-bond acceptors (Lipinski definition) is 16. The van der Waals surface area contributed by atoms with E-state index in [1.807, 2.05) is 62.4 Å². The van der Waals surface area contributed by atoms with Gasteiger partial charge in [-0.05, 0) is 87.3 Å². The monoisotopic (exact) mass is 880 g/mol. The Bertz CT molecular complexity index is 1500. The molecule has 0 aliphatic carbocycles. The molecule has 3 aromatic carbocycles. The van der Waals surface area contributed by atoms with E-state index < -0.39 is 20.5 Å². The third-order valence-electron chi connectivity index (χ3n) is 7.90. The molecular formula is C34H42Cl2N6Ni2O10. The standard InChI is InChI=1S/C34H44N6O2.2ClHO4.2Ni/c1-25-17-27-21-37-31-7-3-4-8-32(31)38-22-28-18-26(2)20-30(34(28)42)24-40-14-6-10-35-11-15-39(13-5-9-36-12-16-40)23-29(19-25)33(27)41;2*2-1(3,4)5;;/h3-4,7-8,17-22,35-36,41-42H,5-6,9-16,23-24H2,1-2H3;2*(H,2,3,4,5);;/q;;;2*+2/p-4. The van der Waals surface area contributed by atoms with Crippen molar-refractivity contribution >= 4 is 23.8 Å². The van der Waals surface area contributed by atoms with E-state index in [1.54, 1.807) is 12.4 Å². The molecule has 3 aromatic rings. The van der Waals surface area contributed by atoms with Crippen molar-refractivity contribution in [2.45, 2.75) is 39.8 Å². The number of nitrogens with one attached hydrogen (secondary N) is 2. The normalized spacial score (nSPS) is 18.3. The van der Waals surface area contributed by atoms with Crippen LogP contribution in [0.25, 0.3) is 0 Å². The second-order valence-corrected chi connectivity index (χ2v) is 13.7. The zero-order valence-corrected chi connectivity index (χ0v) is 33.0. The van der Waals surface area contributed by atoms with Gasteiger partial charge in [-0.2, -0.15) is 0 Å². The molecule has 0 amide bonds. The maximum atomic E-state index is 13.6. The Morgan fingerprint density at radius 2 is 0.907 bits per heavy atom. The van der Waals surface area contributed by atoms with Gasteiger partial charge in [-0.1, -0.05) is 59.0 Å². The molecule has 0 spiro atoms. The van der Waals surface area contributed by atoms with Crippen molar-refractivity contribution in [1.82, 2.24) is 20.4 Å². The molecule has 3 aliphatic rings. The second-order valence-electron chi connectivity index (χ2n) is 12.2. The predicted molar refractivity (Wildman–Crippen MR) is 168 cm³/mol. The molecule has 0 radical (unpaired) electrons. The number of nitrogens with zero attached hydrogens (tertiary/aromatic N) is 4. The minimum absolute atomic E-state index is 0. The summed E-state index contributed by atoms with van der Waals surface area (Å²) < 4.78 is 67.9. The first-order chi connectivity index (χ1) is 24.5. The summed E-state index contributed by atoms with van der Waals surface area (Å²) in [6, 6.07) is 15.4. The quantitative estimate of drug-likeness (QED) is 0.199. The molecular weight excluding hydrogens is 841 g/mol. The summed E-state index contributed by atoms with van der Waals surface area (Å²) in [5, 5.41) is 34.3. The van der Waals surface area contributed by atoms with Crippen LogP contribution in [-0.2, 0) is 46.1 Å². The van der Waals surface area contributed by atoms with Gasteiger partial charge in [-0.3, -0.25) is 19.8 Å². The van der Waals surface area contributed by atoms with Gasteiger partial charge in [-0.25, -0.2) is 37.3 Å². The van der Waals surface area contributed by atoms with Crippen molar-refractivity contribution in [3.05, 3.63) is 81.9 Å². The number of hydrogen-bond donors (Lipinski definition) is 2. The van der Waals surface area contributed by atoms with E-state index in [2.05, 4.69) is 30.4 Å². The smallest absolute Gasteiger partial charge is 0.872 e. The van der Waals surface area contributed by atoms with Gasteiger partial charge in [0.2, 0.25) is 0 Å². The number of benzene rings is 3. The van der Waals surface area contributed by atoms with Gasteiger partial charge in [0.05, 0.1) is 11.4 Å². The molecule has 3 aliphatic heterocycles. The average molecular weight is 883 g/mol. The minimum Gasteiger partial charge on any atom is -0.872 e. The number of rotatable bonds is 0. The number of halogens is 2. The van der Waals surface area contributed by atoms with Crippen LogP contribution in [0.1, 0.15) is 46.2 Å². The first-order valence-corrected chi connectivity index (χ1v) is 18.8. The molecule has 0 saturated carbocycles. The van der Waals surface area contributed by atoms with Crippen LogP contribution in [-0.4, -0.2) is 74.6 Å². The van der Waals surface area contributed by atoms with Gasteiger partial charge in [0.25, 0.3) is 0 Å². The third kappa shape index (κ3) is 20.0. The average Bonchev–Trinajstić information content (AvgIpc) is 3.03. The van der Waals surface area contributed by atoms with Crippen LogP contribution in [0.4, 0.5) is 11.4 Å². The molecule has 6 bridgehead atoms. The van der Waals surface area contributed by atoms with Crippen molar-refractivity contribution in [3.8, 4) is 11.5 Å². The molecule has 0 aromatic heterocycles. The molecule has 2 N–H and O–H groups in total. The Morgan fingerprint density at radius 1 is 0.556 bits per heavy atom. The molecule has 6 rings (SSSR count). The van der Waals surface area contributed by atoms with Crippen molar-refractivity contribution in [1.29, 1.82) is 0 Å². The van der Waals surface area contributed by atoms with Crippen LogP contribution in [0.5, 0.6) is 11.5 Å². The Balaban J connectivity index is 0.00000108. The summed E-state index contributed by atoms with van der Waals surface area (Å²) >= 11 is 0. The van der Waals surface area contributed by atoms with Crippen LogP contribution in [0.3, 0.4) is 0 Å². The Hall–Kier alpha value is -2.31. The maximum absolute atomic E-state index is 13.6. The minimum atomic E-state index is -4.94. The van der Waals surface area contributed by atoms with E-state index in [0.29, 0.717) is 35.6 Å². The first-order valence-electron chi connectivity index (χ1n) is 16.3. The van der Waals surface area contributed by atoms with E-state index in [0.717, 1.165) is 87.5 Å². The molecule has 3 heterocycles. The van der Waals surface area contributed by atoms with Crippen LogP contribution >= 0.6 is 0 Å². The van der Waals surface area contributed by atoms with Crippen LogP contribution in [0.15, 0.2) is 58.5 Å². The number of fused-ring (bicyclic) bond motifs is 10. The molecule has 1 saturated heterocycles. The Morgan fingerprint density at radius 3 is 1.26 bits per heavy atom. The molecule has 302 valence electrons. The van der Waals surface area contributed by atoms with E-state index in [9.17, 15) is 10.2 Å². The zero-order valence-electron chi connectivity index (χ0n) is 29.5. The van der Waals surface area contributed by atoms with Crippen molar-refractivity contribution in [2.24, 2.45) is 9.98 Å². The van der Waals surface area contributed by atoms with Crippen LogP contribution in [0, 0.1) is 34.3 Å². The molecule has 2 unspecified atom stereocenters. The molecule has 20 heteroatoms. The van der Waals surface area contributed by atoms with E-state index in [4.69, 9.17) is 37.3 Å². The zero-order chi connectivity index (χ0) is 38.3.